The van der Waals surface area contributed by atoms with Crippen molar-refractivity contribution < 1.29 is 4.39 Å². The average molecular weight is 256 g/mol. The Morgan fingerprint density at radius 3 is 3.00 bits per heavy atom. The van der Waals surface area contributed by atoms with Crippen LogP contribution in [0, 0.1) is 5.82 Å². The van der Waals surface area contributed by atoms with Crippen molar-refractivity contribution in [1.29, 1.82) is 0 Å². The standard InChI is InChI=1S/C10H11ClFN5/c1-2-13-6-10-14-15-16-17(10)7-3-4-8(11)9(12)5-7/h3-5,13H,2,6H2,1H3. The number of rotatable bonds is 4. The minimum Gasteiger partial charge on any atom is -0.310 e. The van der Waals surface area contributed by atoms with Crippen LogP contribution >= 0.6 is 11.6 Å². The van der Waals surface area contributed by atoms with Crippen LogP contribution in [0.5, 0.6) is 0 Å². The van der Waals surface area contributed by atoms with Crippen LogP contribution in [0.15, 0.2) is 18.2 Å². The number of nitrogens with zero attached hydrogens (tertiary/aromatic N) is 4. The summed E-state index contributed by atoms with van der Waals surface area (Å²) < 4.78 is 14.8. The molecule has 0 unspecified atom stereocenters. The molecule has 0 spiro atoms. The number of hydrogen-bond donors (Lipinski definition) is 1. The Morgan fingerprint density at radius 2 is 2.29 bits per heavy atom. The summed E-state index contributed by atoms with van der Waals surface area (Å²) in [6, 6.07) is 4.44. The largest absolute Gasteiger partial charge is 0.310 e. The summed E-state index contributed by atoms with van der Waals surface area (Å²) in [5.41, 5.74) is 0.546. The molecule has 90 valence electrons. The zero-order valence-electron chi connectivity index (χ0n) is 9.19. The topological polar surface area (TPSA) is 55.6 Å². The van der Waals surface area contributed by atoms with Crippen LogP contribution in [0.1, 0.15) is 12.7 Å². The molecule has 0 aliphatic heterocycles. The fraction of sp³-hybridized carbons (Fsp3) is 0.300. The maximum absolute atomic E-state index is 13.3. The number of nitrogens with one attached hydrogen (secondary N) is 1. The lowest BCUT2D eigenvalue weighted by atomic mass is 10.3. The number of hydrogen-bond acceptors (Lipinski definition) is 4. The summed E-state index contributed by atoms with van der Waals surface area (Å²) in [6.07, 6.45) is 0. The first kappa shape index (κ1) is 11.9. The lowest BCUT2D eigenvalue weighted by Gasteiger charge is -2.05. The molecule has 0 saturated heterocycles. The van der Waals surface area contributed by atoms with Crippen LogP contribution in [0.4, 0.5) is 4.39 Å². The molecule has 1 aromatic carbocycles. The molecule has 2 rings (SSSR count). The lowest BCUT2D eigenvalue weighted by Crippen LogP contribution is -2.16. The maximum Gasteiger partial charge on any atom is 0.170 e. The van der Waals surface area contributed by atoms with Gasteiger partial charge in [0, 0.05) is 6.07 Å². The Morgan fingerprint density at radius 1 is 1.47 bits per heavy atom. The molecule has 0 amide bonds. The van der Waals surface area contributed by atoms with Crippen LogP contribution < -0.4 is 5.32 Å². The van der Waals surface area contributed by atoms with Gasteiger partial charge in [0.25, 0.3) is 0 Å². The van der Waals surface area contributed by atoms with Crippen molar-refractivity contribution in [3.63, 3.8) is 0 Å². The van der Waals surface area contributed by atoms with Gasteiger partial charge >= 0.3 is 0 Å². The first-order valence-electron chi connectivity index (χ1n) is 5.15. The molecule has 1 N–H and O–H groups in total. The van der Waals surface area contributed by atoms with E-state index in [1.807, 2.05) is 6.92 Å². The zero-order chi connectivity index (χ0) is 12.3. The minimum atomic E-state index is -0.492. The van der Waals surface area contributed by atoms with Crippen molar-refractivity contribution in [1.82, 2.24) is 25.5 Å². The number of tetrazole rings is 1. The second kappa shape index (κ2) is 5.20. The molecule has 2 aromatic rings. The van der Waals surface area contributed by atoms with E-state index in [2.05, 4.69) is 20.8 Å². The highest BCUT2D eigenvalue weighted by Crippen LogP contribution is 2.18. The van der Waals surface area contributed by atoms with E-state index in [0.717, 1.165) is 6.54 Å². The van der Waals surface area contributed by atoms with Crippen LogP contribution in [-0.2, 0) is 6.54 Å². The number of benzene rings is 1. The first-order chi connectivity index (χ1) is 8.22. The molecule has 0 aliphatic carbocycles. The average Bonchev–Trinajstić information content (AvgIpc) is 2.78. The summed E-state index contributed by atoms with van der Waals surface area (Å²) in [6.45, 7) is 3.31. The van der Waals surface area contributed by atoms with E-state index in [-0.39, 0.29) is 5.02 Å². The van der Waals surface area contributed by atoms with E-state index < -0.39 is 5.82 Å². The Bertz CT molecular complexity index is 513. The molecule has 7 heteroatoms. The molecule has 0 aliphatic rings. The number of halogens is 2. The molecular weight excluding hydrogens is 245 g/mol. The second-order valence-electron chi connectivity index (χ2n) is 3.39. The Balaban J connectivity index is 2.32. The van der Waals surface area contributed by atoms with Gasteiger partial charge in [0.15, 0.2) is 5.82 Å². The van der Waals surface area contributed by atoms with Crippen molar-refractivity contribution in [2.45, 2.75) is 13.5 Å². The van der Waals surface area contributed by atoms with E-state index in [9.17, 15) is 4.39 Å². The van der Waals surface area contributed by atoms with Crippen molar-refractivity contribution in [2.75, 3.05) is 6.54 Å². The van der Waals surface area contributed by atoms with Crippen LogP contribution in [0.25, 0.3) is 5.69 Å². The fourth-order valence-electron chi connectivity index (χ4n) is 1.37. The van der Waals surface area contributed by atoms with Gasteiger partial charge in [-0.3, -0.25) is 0 Å². The van der Waals surface area contributed by atoms with Gasteiger partial charge in [0.05, 0.1) is 17.3 Å². The van der Waals surface area contributed by atoms with E-state index in [0.29, 0.717) is 18.1 Å². The molecular formula is C10H11ClFN5. The first-order valence-corrected chi connectivity index (χ1v) is 5.53. The van der Waals surface area contributed by atoms with Crippen molar-refractivity contribution >= 4 is 11.6 Å². The van der Waals surface area contributed by atoms with Gasteiger partial charge < -0.3 is 5.32 Å². The zero-order valence-corrected chi connectivity index (χ0v) is 9.95. The van der Waals surface area contributed by atoms with Gasteiger partial charge in [-0.1, -0.05) is 18.5 Å². The minimum absolute atomic E-state index is 0.0788. The van der Waals surface area contributed by atoms with E-state index in [1.165, 1.54) is 16.8 Å². The predicted octanol–water partition coefficient (Wildman–Crippen LogP) is 1.56. The highest BCUT2D eigenvalue weighted by Gasteiger charge is 2.09. The van der Waals surface area contributed by atoms with E-state index in [4.69, 9.17) is 11.6 Å². The van der Waals surface area contributed by atoms with Crippen molar-refractivity contribution in [3.05, 3.63) is 34.9 Å². The number of aromatic nitrogens is 4. The van der Waals surface area contributed by atoms with Gasteiger partial charge in [0.1, 0.15) is 5.82 Å². The van der Waals surface area contributed by atoms with Gasteiger partial charge in [-0.2, -0.15) is 4.68 Å². The molecule has 1 heterocycles. The Kier molecular flexibility index (Phi) is 3.65. The van der Waals surface area contributed by atoms with E-state index >= 15 is 0 Å². The SMILES string of the molecule is CCNCc1nnnn1-c1ccc(Cl)c(F)c1. The molecule has 0 fully saturated rings. The summed E-state index contributed by atoms with van der Waals surface area (Å²) in [5, 5.41) is 14.4. The molecule has 0 bridgehead atoms. The lowest BCUT2D eigenvalue weighted by molar-refractivity contribution is 0.621. The summed E-state index contributed by atoms with van der Waals surface area (Å²) in [4.78, 5) is 0. The third kappa shape index (κ3) is 2.59. The van der Waals surface area contributed by atoms with Gasteiger partial charge in [-0.05, 0) is 29.1 Å². The smallest absolute Gasteiger partial charge is 0.170 e. The van der Waals surface area contributed by atoms with Crippen LogP contribution in [0.2, 0.25) is 5.02 Å². The molecule has 0 saturated carbocycles. The van der Waals surface area contributed by atoms with Crippen molar-refractivity contribution in [3.8, 4) is 5.69 Å². The molecule has 5 nitrogen and oxygen atoms in total. The van der Waals surface area contributed by atoms with Gasteiger partial charge in [-0.25, -0.2) is 4.39 Å². The summed E-state index contributed by atoms with van der Waals surface area (Å²) >= 11 is 5.62. The highest BCUT2D eigenvalue weighted by atomic mass is 35.5. The second-order valence-corrected chi connectivity index (χ2v) is 3.79. The monoisotopic (exact) mass is 255 g/mol. The highest BCUT2D eigenvalue weighted by molar-refractivity contribution is 6.30. The predicted molar refractivity (Wildman–Crippen MR) is 61.5 cm³/mol. The quantitative estimate of drug-likeness (QED) is 0.901. The summed E-state index contributed by atoms with van der Waals surface area (Å²) in [5.74, 6) is 0.127. The van der Waals surface area contributed by atoms with E-state index in [1.54, 1.807) is 6.07 Å². The third-order valence-corrected chi connectivity index (χ3v) is 2.52. The molecule has 0 atom stereocenters. The maximum atomic E-state index is 13.3. The summed E-state index contributed by atoms with van der Waals surface area (Å²) in [7, 11) is 0. The Labute approximate surface area is 103 Å². The third-order valence-electron chi connectivity index (χ3n) is 2.21. The Hall–Kier alpha value is -1.53. The molecule has 17 heavy (non-hydrogen) atoms. The molecule has 0 radical (unpaired) electrons. The normalized spacial score (nSPS) is 10.8. The molecule has 1 aromatic heterocycles. The van der Waals surface area contributed by atoms with Crippen LogP contribution in [-0.4, -0.2) is 26.8 Å². The van der Waals surface area contributed by atoms with Gasteiger partial charge in [-0.15, -0.1) is 5.10 Å². The van der Waals surface area contributed by atoms with Crippen LogP contribution in [0.3, 0.4) is 0 Å². The fourth-order valence-corrected chi connectivity index (χ4v) is 1.49. The van der Waals surface area contributed by atoms with Gasteiger partial charge in [0.2, 0.25) is 0 Å². The van der Waals surface area contributed by atoms with Crippen molar-refractivity contribution in [2.24, 2.45) is 0 Å².